The van der Waals surface area contributed by atoms with Gasteiger partial charge in [0.2, 0.25) is 5.91 Å². The Bertz CT molecular complexity index is 599. The summed E-state index contributed by atoms with van der Waals surface area (Å²) in [5, 5.41) is 11.6. The number of carboxylic acids is 1. The number of benzene rings is 1. The van der Waals surface area contributed by atoms with Gasteiger partial charge in [0.25, 0.3) is 0 Å². The lowest BCUT2D eigenvalue weighted by molar-refractivity contribution is -0.148. The van der Waals surface area contributed by atoms with Crippen molar-refractivity contribution >= 4 is 11.9 Å². The van der Waals surface area contributed by atoms with E-state index in [-0.39, 0.29) is 12.5 Å². The highest BCUT2D eigenvalue weighted by atomic mass is 16.5. The summed E-state index contributed by atoms with van der Waals surface area (Å²) in [6.45, 7) is 8.16. The van der Waals surface area contributed by atoms with Crippen LogP contribution in [0.1, 0.15) is 33.3 Å². The fourth-order valence-electron chi connectivity index (χ4n) is 2.25. The molecule has 1 rings (SSSR count). The van der Waals surface area contributed by atoms with Gasteiger partial charge >= 0.3 is 5.97 Å². The number of ether oxygens (including phenoxy) is 3. The standard InChI is InChI=1S/C18H27NO6/c1-6-24-13-9-8-12(10-14(13)25-7-2)18(3,4)17(22)19-11-15(23-5)16(20)21/h8-10,15H,6-7,11H2,1-5H3,(H,19,22)(H,20,21). The normalized spacial score (nSPS) is 12.4. The van der Waals surface area contributed by atoms with E-state index in [1.165, 1.54) is 7.11 Å². The highest BCUT2D eigenvalue weighted by Crippen LogP contribution is 2.33. The molecule has 1 unspecified atom stereocenters. The maximum absolute atomic E-state index is 12.6. The van der Waals surface area contributed by atoms with Gasteiger partial charge in [-0.3, -0.25) is 4.79 Å². The van der Waals surface area contributed by atoms with E-state index >= 15 is 0 Å². The lowest BCUT2D eigenvalue weighted by atomic mass is 9.83. The molecule has 0 radical (unpaired) electrons. The van der Waals surface area contributed by atoms with Crippen molar-refractivity contribution < 1.29 is 28.9 Å². The van der Waals surface area contributed by atoms with E-state index < -0.39 is 17.5 Å². The highest BCUT2D eigenvalue weighted by Gasteiger charge is 2.31. The SMILES string of the molecule is CCOc1ccc(C(C)(C)C(=O)NCC(OC)C(=O)O)cc1OCC. The molecule has 0 heterocycles. The molecule has 1 atom stereocenters. The molecule has 140 valence electrons. The minimum Gasteiger partial charge on any atom is -0.490 e. The van der Waals surface area contributed by atoms with Crippen molar-refractivity contribution in [2.24, 2.45) is 0 Å². The van der Waals surface area contributed by atoms with Gasteiger partial charge in [-0.1, -0.05) is 6.07 Å². The largest absolute Gasteiger partial charge is 0.490 e. The molecule has 0 aromatic heterocycles. The fraction of sp³-hybridized carbons (Fsp3) is 0.556. The summed E-state index contributed by atoms with van der Waals surface area (Å²) >= 11 is 0. The van der Waals surface area contributed by atoms with Crippen LogP contribution in [0.15, 0.2) is 18.2 Å². The molecule has 1 aromatic rings. The summed E-state index contributed by atoms with van der Waals surface area (Å²) in [6, 6.07) is 5.35. The number of methoxy groups -OCH3 is 1. The van der Waals surface area contributed by atoms with Crippen molar-refractivity contribution in [2.45, 2.75) is 39.2 Å². The Kier molecular flexibility index (Phi) is 7.70. The van der Waals surface area contributed by atoms with E-state index in [0.29, 0.717) is 24.7 Å². The van der Waals surface area contributed by atoms with Gasteiger partial charge in [0, 0.05) is 7.11 Å². The van der Waals surface area contributed by atoms with Crippen molar-refractivity contribution in [1.82, 2.24) is 5.32 Å². The zero-order valence-electron chi connectivity index (χ0n) is 15.4. The maximum atomic E-state index is 12.6. The summed E-state index contributed by atoms with van der Waals surface area (Å²) in [4.78, 5) is 23.5. The molecular weight excluding hydrogens is 326 g/mol. The van der Waals surface area contributed by atoms with Gasteiger partial charge < -0.3 is 24.6 Å². The quantitative estimate of drug-likeness (QED) is 0.668. The molecule has 1 aromatic carbocycles. The van der Waals surface area contributed by atoms with Gasteiger partial charge in [0.15, 0.2) is 17.6 Å². The Morgan fingerprint density at radius 3 is 2.28 bits per heavy atom. The van der Waals surface area contributed by atoms with Crippen molar-refractivity contribution in [2.75, 3.05) is 26.9 Å². The Morgan fingerprint density at radius 1 is 1.16 bits per heavy atom. The predicted molar refractivity (Wildman–Crippen MR) is 93.2 cm³/mol. The first-order valence-electron chi connectivity index (χ1n) is 8.21. The van der Waals surface area contributed by atoms with Crippen molar-refractivity contribution in [3.8, 4) is 11.5 Å². The first-order chi connectivity index (χ1) is 11.8. The van der Waals surface area contributed by atoms with Crippen LogP contribution < -0.4 is 14.8 Å². The zero-order valence-corrected chi connectivity index (χ0v) is 15.4. The summed E-state index contributed by atoms with van der Waals surface area (Å²) in [6.07, 6.45) is -1.08. The molecular formula is C18H27NO6. The van der Waals surface area contributed by atoms with Crippen molar-refractivity contribution in [3.05, 3.63) is 23.8 Å². The minimum absolute atomic E-state index is 0.108. The van der Waals surface area contributed by atoms with E-state index in [4.69, 9.17) is 19.3 Å². The van der Waals surface area contributed by atoms with E-state index in [1.807, 2.05) is 13.8 Å². The Hall–Kier alpha value is -2.28. The molecule has 0 fully saturated rings. The summed E-state index contributed by atoms with van der Waals surface area (Å²) in [5.74, 6) is -0.236. The Morgan fingerprint density at radius 2 is 1.76 bits per heavy atom. The Labute approximate surface area is 148 Å². The van der Waals surface area contributed by atoms with Gasteiger partial charge in [0.1, 0.15) is 0 Å². The molecule has 0 bridgehead atoms. The number of amides is 1. The average Bonchev–Trinajstić information content (AvgIpc) is 2.56. The number of aliphatic carboxylic acids is 1. The third kappa shape index (κ3) is 5.35. The van der Waals surface area contributed by atoms with Crippen LogP contribution in [-0.4, -0.2) is 50.0 Å². The van der Waals surface area contributed by atoms with Crippen LogP contribution in [0.4, 0.5) is 0 Å². The predicted octanol–water partition coefficient (Wildman–Crippen LogP) is 1.98. The van der Waals surface area contributed by atoms with E-state index in [2.05, 4.69) is 5.32 Å². The molecule has 2 N–H and O–H groups in total. The number of carboxylic acid groups (broad SMARTS) is 1. The smallest absolute Gasteiger partial charge is 0.334 e. The van der Waals surface area contributed by atoms with Gasteiger partial charge in [-0.25, -0.2) is 4.79 Å². The van der Waals surface area contributed by atoms with Gasteiger partial charge in [-0.05, 0) is 45.4 Å². The lowest BCUT2D eigenvalue weighted by Crippen LogP contribution is -2.45. The molecule has 0 saturated carbocycles. The summed E-state index contributed by atoms with van der Waals surface area (Å²) < 4.78 is 16.0. The summed E-state index contributed by atoms with van der Waals surface area (Å²) in [5.41, 5.74) is -0.144. The number of carbonyl (C=O) groups is 2. The molecule has 7 nitrogen and oxygen atoms in total. The average molecular weight is 353 g/mol. The lowest BCUT2D eigenvalue weighted by Gasteiger charge is -2.26. The van der Waals surface area contributed by atoms with Crippen LogP contribution in [0, 0.1) is 0 Å². The molecule has 1 amide bonds. The molecule has 0 saturated heterocycles. The fourth-order valence-corrected chi connectivity index (χ4v) is 2.25. The van der Waals surface area contributed by atoms with E-state index in [9.17, 15) is 9.59 Å². The highest BCUT2D eigenvalue weighted by molar-refractivity contribution is 5.88. The number of carbonyl (C=O) groups excluding carboxylic acids is 1. The first-order valence-corrected chi connectivity index (χ1v) is 8.21. The first kappa shape index (κ1) is 20.8. The zero-order chi connectivity index (χ0) is 19.0. The molecule has 0 spiro atoms. The van der Waals surface area contributed by atoms with Crippen LogP contribution in [-0.2, 0) is 19.7 Å². The van der Waals surface area contributed by atoms with Crippen molar-refractivity contribution in [1.29, 1.82) is 0 Å². The second-order valence-electron chi connectivity index (χ2n) is 5.93. The summed E-state index contributed by atoms with van der Waals surface area (Å²) in [7, 11) is 1.29. The third-order valence-electron chi connectivity index (χ3n) is 3.84. The number of rotatable bonds is 10. The maximum Gasteiger partial charge on any atom is 0.334 e. The van der Waals surface area contributed by atoms with Gasteiger partial charge in [-0.2, -0.15) is 0 Å². The molecule has 25 heavy (non-hydrogen) atoms. The minimum atomic E-state index is -1.12. The van der Waals surface area contributed by atoms with Crippen LogP contribution in [0.2, 0.25) is 0 Å². The number of nitrogens with one attached hydrogen (secondary N) is 1. The van der Waals surface area contributed by atoms with Gasteiger partial charge in [-0.15, -0.1) is 0 Å². The van der Waals surface area contributed by atoms with Crippen molar-refractivity contribution in [3.63, 3.8) is 0 Å². The molecule has 0 aliphatic rings. The van der Waals surface area contributed by atoms with E-state index in [1.54, 1.807) is 32.0 Å². The molecule has 7 heteroatoms. The monoisotopic (exact) mass is 353 g/mol. The second-order valence-corrected chi connectivity index (χ2v) is 5.93. The van der Waals surface area contributed by atoms with E-state index in [0.717, 1.165) is 5.56 Å². The molecule has 0 aliphatic heterocycles. The second kappa shape index (κ2) is 9.27. The van der Waals surface area contributed by atoms with Crippen LogP contribution in [0.5, 0.6) is 11.5 Å². The van der Waals surface area contributed by atoms with Crippen LogP contribution >= 0.6 is 0 Å². The topological polar surface area (TPSA) is 94.1 Å². The number of hydrogen-bond donors (Lipinski definition) is 2. The van der Waals surface area contributed by atoms with Crippen LogP contribution in [0.25, 0.3) is 0 Å². The van der Waals surface area contributed by atoms with Crippen LogP contribution in [0.3, 0.4) is 0 Å². The molecule has 0 aliphatic carbocycles. The Balaban J connectivity index is 2.97. The third-order valence-corrected chi connectivity index (χ3v) is 3.84. The number of hydrogen-bond acceptors (Lipinski definition) is 5. The van der Waals surface area contributed by atoms with Gasteiger partial charge in [0.05, 0.1) is 25.2 Å².